The van der Waals surface area contributed by atoms with Gasteiger partial charge >= 0.3 is 0 Å². The van der Waals surface area contributed by atoms with E-state index in [9.17, 15) is 14.8 Å². The summed E-state index contributed by atoms with van der Waals surface area (Å²) in [6.45, 7) is 6.07. The van der Waals surface area contributed by atoms with Crippen LogP contribution in [-0.4, -0.2) is 17.0 Å². The first-order valence-corrected chi connectivity index (χ1v) is 9.20. The SMILES string of the molecule is CC(C)CC(C(C)c1ccccc1)C(C(N)=O)(C(=O)NO)c1ccccc1. The number of hydrogen-bond donors (Lipinski definition) is 3. The molecular formula is C22H28N2O3. The highest BCUT2D eigenvalue weighted by molar-refractivity contribution is 6.10. The number of carbonyl (C=O) groups is 2. The topological polar surface area (TPSA) is 92.4 Å². The van der Waals surface area contributed by atoms with Crippen LogP contribution in [0.25, 0.3) is 0 Å². The van der Waals surface area contributed by atoms with E-state index < -0.39 is 23.1 Å². The second kappa shape index (κ2) is 8.82. The first-order valence-electron chi connectivity index (χ1n) is 9.20. The molecule has 0 fully saturated rings. The van der Waals surface area contributed by atoms with Gasteiger partial charge in [-0.05, 0) is 35.3 Å². The molecule has 4 N–H and O–H groups in total. The molecule has 0 heterocycles. The summed E-state index contributed by atoms with van der Waals surface area (Å²) in [5.74, 6) is -1.93. The number of hydrogen-bond acceptors (Lipinski definition) is 3. The van der Waals surface area contributed by atoms with Crippen LogP contribution < -0.4 is 11.2 Å². The lowest BCUT2D eigenvalue weighted by atomic mass is 9.61. The molecule has 0 aliphatic heterocycles. The molecular weight excluding hydrogens is 340 g/mol. The van der Waals surface area contributed by atoms with Crippen LogP contribution in [0.5, 0.6) is 0 Å². The van der Waals surface area contributed by atoms with Gasteiger partial charge in [0.25, 0.3) is 5.91 Å². The van der Waals surface area contributed by atoms with Gasteiger partial charge in [0.1, 0.15) is 0 Å². The fraction of sp³-hybridized carbons (Fsp3) is 0.364. The minimum Gasteiger partial charge on any atom is -0.368 e. The summed E-state index contributed by atoms with van der Waals surface area (Å²) >= 11 is 0. The standard InChI is InChI=1S/C22H28N2O3/c1-15(2)14-19(16(3)17-10-6-4-7-11-17)22(20(23)25,21(26)24-27)18-12-8-5-9-13-18/h4-13,15-16,19,27H,14H2,1-3H3,(H2,23,25)(H,24,26). The Bertz CT molecular complexity index is 762. The Morgan fingerprint density at radius 1 is 1.00 bits per heavy atom. The first-order chi connectivity index (χ1) is 12.9. The van der Waals surface area contributed by atoms with Crippen LogP contribution in [-0.2, 0) is 15.0 Å². The molecule has 5 heteroatoms. The fourth-order valence-electron chi connectivity index (χ4n) is 3.99. The average Bonchev–Trinajstić information content (AvgIpc) is 2.68. The van der Waals surface area contributed by atoms with Gasteiger partial charge in [-0.15, -0.1) is 0 Å². The molecule has 0 saturated carbocycles. The van der Waals surface area contributed by atoms with E-state index in [0.717, 1.165) is 5.56 Å². The van der Waals surface area contributed by atoms with Crippen molar-refractivity contribution in [3.05, 3.63) is 71.8 Å². The van der Waals surface area contributed by atoms with E-state index in [1.807, 2.05) is 57.2 Å². The van der Waals surface area contributed by atoms with Crippen molar-refractivity contribution >= 4 is 11.8 Å². The van der Waals surface area contributed by atoms with Gasteiger partial charge in [0.05, 0.1) is 0 Å². The minimum absolute atomic E-state index is 0.140. The molecule has 0 saturated heterocycles. The van der Waals surface area contributed by atoms with E-state index in [2.05, 4.69) is 0 Å². The van der Waals surface area contributed by atoms with Crippen LogP contribution in [0.1, 0.15) is 44.2 Å². The Kier molecular flexibility index (Phi) is 6.75. The fourth-order valence-corrected chi connectivity index (χ4v) is 3.99. The summed E-state index contributed by atoms with van der Waals surface area (Å²) in [7, 11) is 0. The quantitative estimate of drug-likeness (QED) is 0.379. The van der Waals surface area contributed by atoms with Crippen molar-refractivity contribution in [1.29, 1.82) is 0 Å². The number of primary amides is 1. The van der Waals surface area contributed by atoms with Crippen molar-refractivity contribution < 1.29 is 14.8 Å². The Morgan fingerprint density at radius 3 is 1.96 bits per heavy atom. The Morgan fingerprint density at radius 2 is 1.52 bits per heavy atom. The van der Waals surface area contributed by atoms with Crippen LogP contribution in [0.4, 0.5) is 0 Å². The zero-order chi connectivity index (χ0) is 20.0. The van der Waals surface area contributed by atoms with E-state index in [1.165, 1.54) is 0 Å². The highest BCUT2D eigenvalue weighted by atomic mass is 16.5. The van der Waals surface area contributed by atoms with Gasteiger partial charge in [-0.1, -0.05) is 81.4 Å². The Hall–Kier alpha value is -2.66. The van der Waals surface area contributed by atoms with Crippen molar-refractivity contribution in [3.63, 3.8) is 0 Å². The third-order valence-corrected chi connectivity index (χ3v) is 5.29. The summed E-state index contributed by atoms with van der Waals surface area (Å²) in [5.41, 5.74) is 7.38. The molecule has 2 rings (SSSR count). The van der Waals surface area contributed by atoms with Crippen molar-refractivity contribution in [2.75, 3.05) is 0 Å². The molecule has 0 aromatic heterocycles. The van der Waals surface area contributed by atoms with E-state index in [1.54, 1.807) is 29.7 Å². The van der Waals surface area contributed by atoms with Crippen molar-refractivity contribution in [2.45, 2.75) is 38.5 Å². The molecule has 27 heavy (non-hydrogen) atoms. The number of carbonyl (C=O) groups excluding carboxylic acids is 2. The normalized spacial score (nSPS) is 15.6. The summed E-state index contributed by atoms with van der Waals surface area (Å²) in [4.78, 5) is 25.8. The lowest BCUT2D eigenvalue weighted by Crippen LogP contribution is -2.58. The molecule has 5 nitrogen and oxygen atoms in total. The predicted molar refractivity (Wildman–Crippen MR) is 105 cm³/mol. The molecule has 0 radical (unpaired) electrons. The highest BCUT2D eigenvalue weighted by Crippen LogP contribution is 2.44. The van der Waals surface area contributed by atoms with Crippen molar-refractivity contribution in [2.24, 2.45) is 17.6 Å². The van der Waals surface area contributed by atoms with Gasteiger partial charge < -0.3 is 5.73 Å². The maximum absolute atomic E-state index is 13.0. The number of rotatable bonds is 8. The summed E-state index contributed by atoms with van der Waals surface area (Å²) < 4.78 is 0. The van der Waals surface area contributed by atoms with E-state index in [4.69, 9.17) is 5.73 Å². The second-order valence-corrected chi connectivity index (χ2v) is 7.41. The van der Waals surface area contributed by atoms with Crippen LogP contribution in [0, 0.1) is 11.8 Å². The second-order valence-electron chi connectivity index (χ2n) is 7.41. The molecule has 144 valence electrons. The number of nitrogens with two attached hydrogens (primary N) is 1. The van der Waals surface area contributed by atoms with E-state index in [-0.39, 0.29) is 11.8 Å². The molecule has 0 bridgehead atoms. The molecule has 0 aliphatic carbocycles. The largest absolute Gasteiger partial charge is 0.368 e. The average molecular weight is 368 g/mol. The summed E-state index contributed by atoms with van der Waals surface area (Å²) in [6, 6.07) is 18.5. The molecule has 2 aromatic carbocycles. The third-order valence-electron chi connectivity index (χ3n) is 5.29. The highest BCUT2D eigenvalue weighted by Gasteiger charge is 2.54. The Balaban J connectivity index is 2.73. The van der Waals surface area contributed by atoms with Crippen molar-refractivity contribution in [1.82, 2.24) is 5.48 Å². The maximum atomic E-state index is 13.0. The summed E-state index contributed by atoms with van der Waals surface area (Å²) in [6.07, 6.45) is 0.585. The molecule has 3 atom stereocenters. The van der Waals surface area contributed by atoms with Gasteiger partial charge in [-0.25, -0.2) is 5.48 Å². The van der Waals surface area contributed by atoms with Crippen LogP contribution >= 0.6 is 0 Å². The molecule has 2 amide bonds. The minimum atomic E-state index is -1.68. The van der Waals surface area contributed by atoms with Crippen LogP contribution in [0.2, 0.25) is 0 Å². The van der Waals surface area contributed by atoms with E-state index in [0.29, 0.717) is 12.0 Å². The van der Waals surface area contributed by atoms with Gasteiger partial charge in [0.15, 0.2) is 5.41 Å². The number of nitrogens with one attached hydrogen (secondary N) is 1. The number of amides is 2. The Labute approximate surface area is 160 Å². The lowest BCUT2D eigenvalue weighted by molar-refractivity contribution is -0.145. The molecule has 0 aliphatic rings. The molecule has 0 spiro atoms. The monoisotopic (exact) mass is 368 g/mol. The predicted octanol–water partition coefficient (Wildman–Crippen LogP) is 3.38. The van der Waals surface area contributed by atoms with Crippen LogP contribution in [0.3, 0.4) is 0 Å². The van der Waals surface area contributed by atoms with Gasteiger partial charge in [0, 0.05) is 0 Å². The van der Waals surface area contributed by atoms with Gasteiger partial charge in [-0.3, -0.25) is 14.8 Å². The van der Waals surface area contributed by atoms with Gasteiger partial charge in [0.2, 0.25) is 5.91 Å². The number of benzene rings is 2. The third kappa shape index (κ3) is 4.03. The zero-order valence-corrected chi connectivity index (χ0v) is 16.1. The molecule has 3 unspecified atom stereocenters. The zero-order valence-electron chi connectivity index (χ0n) is 16.1. The first kappa shape index (κ1) is 20.6. The number of hydroxylamine groups is 1. The maximum Gasteiger partial charge on any atom is 0.263 e. The van der Waals surface area contributed by atoms with Gasteiger partial charge in [-0.2, -0.15) is 0 Å². The van der Waals surface area contributed by atoms with E-state index >= 15 is 0 Å². The van der Waals surface area contributed by atoms with Crippen LogP contribution in [0.15, 0.2) is 60.7 Å². The van der Waals surface area contributed by atoms with Crippen molar-refractivity contribution in [3.8, 4) is 0 Å². The summed E-state index contributed by atoms with van der Waals surface area (Å²) in [5, 5.41) is 9.51. The lowest BCUT2D eigenvalue weighted by Gasteiger charge is -2.41. The molecule has 2 aromatic rings. The smallest absolute Gasteiger partial charge is 0.263 e.